The molecule has 1 rings (SSSR count). The van der Waals surface area contributed by atoms with E-state index < -0.39 is 0 Å². The molecule has 0 spiro atoms. The third-order valence-corrected chi connectivity index (χ3v) is 3.70. The van der Waals surface area contributed by atoms with Crippen molar-refractivity contribution < 1.29 is 0 Å². The largest absolute Gasteiger partial charge is 0.311 e. The van der Waals surface area contributed by atoms with Crippen LogP contribution in [-0.4, -0.2) is 42.4 Å². The Labute approximate surface area is 115 Å². The van der Waals surface area contributed by atoms with Gasteiger partial charge in [0.25, 0.3) is 0 Å². The number of aromatic nitrogens is 2. The minimum absolute atomic E-state index is 0.257. The molecule has 2 unspecified atom stereocenters. The van der Waals surface area contributed by atoms with Crippen LogP contribution in [-0.2, 0) is 6.54 Å². The van der Waals surface area contributed by atoms with Gasteiger partial charge in [0.1, 0.15) is 0 Å². The van der Waals surface area contributed by atoms with E-state index in [0.717, 1.165) is 30.2 Å². The monoisotopic (exact) mass is 272 g/mol. The first kappa shape index (κ1) is 15.5. The normalized spacial score (nSPS) is 15.1. The number of nitrogens with zero attached hydrogens (tertiary/aromatic N) is 3. The highest BCUT2D eigenvalue weighted by atomic mass is 35.5. The molecular weight excluding hydrogens is 248 g/mol. The molecule has 0 bridgehead atoms. The van der Waals surface area contributed by atoms with E-state index in [2.05, 4.69) is 43.3 Å². The summed E-state index contributed by atoms with van der Waals surface area (Å²) in [6.07, 6.45) is 2.86. The summed E-state index contributed by atoms with van der Waals surface area (Å²) in [7, 11) is 6.11. The first-order valence-corrected chi connectivity index (χ1v) is 6.92. The fourth-order valence-corrected chi connectivity index (χ4v) is 2.34. The first-order chi connectivity index (χ1) is 8.51. The van der Waals surface area contributed by atoms with Crippen molar-refractivity contribution in [1.29, 1.82) is 0 Å². The van der Waals surface area contributed by atoms with E-state index in [1.165, 1.54) is 0 Å². The van der Waals surface area contributed by atoms with Crippen LogP contribution in [0.5, 0.6) is 0 Å². The molecule has 0 radical (unpaired) electrons. The van der Waals surface area contributed by atoms with E-state index in [9.17, 15) is 0 Å². The SMILES string of the molecule is CCC(C)C(NC)c1c(Cl)cnn1CCN(C)C. The second-order valence-electron chi connectivity index (χ2n) is 5.06. The Morgan fingerprint density at radius 3 is 2.67 bits per heavy atom. The van der Waals surface area contributed by atoms with Gasteiger partial charge in [-0.15, -0.1) is 0 Å². The third kappa shape index (κ3) is 3.70. The Morgan fingerprint density at radius 1 is 1.50 bits per heavy atom. The van der Waals surface area contributed by atoms with Crippen molar-refractivity contribution in [3.63, 3.8) is 0 Å². The quantitative estimate of drug-likeness (QED) is 0.828. The molecule has 18 heavy (non-hydrogen) atoms. The van der Waals surface area contributed by atoms with Crippen LogP contribution in [0.1, 0.15) is 32.0 Å². The minimum atomic E-state index is 0.257. The summed E-state index contributed by atoms with van der Waals surface area (Å²) < 4.78 is 2.02. The van der Waals surface area contributed by atoms with Crippen molar-refractivity contribution in [2.45, 2.75) is 32.9 Å². The minimum Gasteiger partial charge on any atom is -0.311 e. The predicted molar refractivity (Wildman–Crippen MR) is 77.0 cm³/mol. The van der Waals surface area contributed by atoms with Gasteiger partial charge >= 0.3 is 0 Å². The van der Waals surface area contributed by atoms with E-state index in [0.29, 0.717) is 5.92 Å². The van der Waals surface area contributed by atoms with Crippen LogP contribution in [0.2, 0.25) is 5.02 Å². The molecule has 4 nitrogen and oxygen atoms in total. The maximum absolute atomic E-state index is 6.30. The van der Waals surface area contributed by atoms with E-state index >= 15 is 0 Å². The van der Waals surface area contributed by atoms with Gasteiger partial charge in [0.15, 0.2) is 0 Å². The molecule has 2 atom stereocenters. The molecule has 0 aromatic carbocycles. The second kappa shape index (κ2) is 7.12. The van der Waals surface area contributed by atoms with Gasteiger partial charge in [0, 0.05) is 6.54 Å². The van der Waals surface area contributed by atoms with Crippen LogP contribution in [0.4, 0.5) is 0 Å². The fourth-order valence-electron chi connectivity index (χ4n) is 2.08. The highest BCUT2D eigenvalue weighted by molar-refractivity contribution is 6.31. The predicted octanol–water partition coefficient (Wildman–Crippen LogP) is 2.40. The lowest BCUT2D eigenvalue weighted by atomic mass is 9.96. The number of hydrogen-bond acceptors (Lipinski definition) is 3. The Balaban J connectivity index is 2.94. The van der Waals surface area contributed by atoms with Crippen LogP contribution in [0.3, 0.4) is 0 Å². The van der Waals surface area contributed by atoms with Gasteiger partial charge in [-0.25, -0.2) is 0 Å². The molecule has 0 aliphatic heterocycles. The van der Waals surface area contributed by atoms with Gasteiger partial charge < -0.3 is 10.2 Å². The van der Waals surface area contributed by atoms with E-state index in [4.69, 9.17) is 11.6 Å². The van der Waals surface area contributed by atoms with Crippen molar-refractivity contribution in [3.05, 3.63) is 16.9 Å². The highest BCUT2D eigenvalue weighted by Gasteiger charge is 2.23. The number of rotatable bonds is 7. The molecule has 1 aromatic heterocycles. The van der Waals surface area contributed by atoms with Crippen molar-refractivity contribution in [2.75, 3.05) is 27.7 Å². The molecule has 0 fully saturated rings. The summed E-state index contributed by atoms with van der Waals surface area (Å²) in [6, 6.07) is 0.257. The average Bonchev–Trinajstić information content (AvgIpc) is 2.69. The molecule has 0 amide bonds. The molecule has 1 N–H and O–H groups in total. The zero-order valence-corrected chi connectivity index (χ0v) is 12.8. The second-order valence-corrected chi connectivity index (χ2v) is 5.46. The van der Waals surface area contributed by atoms with Crippen molar-refractivity contribution in [3.8, 4) is 0 Å². The van der Waals surface area contributed by atoms with Crippen LogP contribution < -0.4 is 5.32 Å². The first-order valence-electron chi connectivity index (χ1n) is 6.54. The molecule has 0 aliphatic carbocycles. The number of nitrogens with one attached hydrogen (secondary N) is 1. The molecule has 0 saturated carbocycles. The van der Waals surface area contributed by atoms with Gasteiger partial charge in [-0.1, -0.05) is 31.9 Å². The Kier molecular flexibility index (Phi) is 6.12. The standard InChI is InChI=1S/C13H25ClN4/c1-6-10(2)12(15-3)13-11(14)9-16-18(13)8-7-17(4)5/h9-10,12,15H,6-8H2,1-5H3. The maximum atomic E-state index is 6.30. The lowest BCUT2D eigenvalue weighted by Crippen LogP contribution is -2.28. The van der Waals surface area contributed by atoms with Crippen molar-refractivity contribution in [1.82, 2.24) is 20.0 Å². The van der Waals surface area contributed by atoms with Crippen LogP contribution in [0.25, 0.3) is 0 Å². The summed E-state index contributed by atoms with van der Waals surface area (Å²) in [4.78, 5) is 2.15. The van der Waals surface area contributed by atoms with Gasteiger partial charge in [-0.3, -0.25) is 4.68 Å². The average molecular weight is 273 g/mol. The van der Waals surface area contributed by atoms with E-state index in [1.54, 1.807) is 6.20 Å². The van der Waals surface area contributed by atoms with Gasteiger partial charge in [-0.05, 0) is 27.1 Å². The lowest BCUT2D eigenvalue weighted by molar-refractivity contribution is 0.341. The molecular formula is C13H25ClN4. The smallest absolute Gasteiger partial charge is 0.0834 e. The van der Waals surface area contributed by atoms with Crippen LogP contribution >= 0.6 is 11.6 Å². The van der Waals surface area contributed by atoms with Crippen LogP contribution in [0.15, 0.2) is 6.20 Å². The number of likely N-dealkylation sites (N-methyl/N-ethyl adjacent to an activating group) is 1. The summed E-state index contributed by atoms with van der Waals surface area (Å²) in [6.45, 7) is 6.26. The molecule has 1 aromatic rings. The maximum Gasteiger partial charge on any atom is 0.0834 e. The van der Waals surface area contributed by atoms with E-state index in [-0.39, 0.29) is 6.04 Å². The molecule has 1 heterocycles. The molecule has 0 aliphatic rings. The summed E-state index contributed by atoms with van der Waals surface area (Å²) >= 11 is 6.30. The lowest BCUT2D eigenvalue weighted by Gasteiger charge is -2.24. The van der Waals surface area contributed by atoms with Crippen LogP contribution in [0, 0.1) is 5.92 Å². The zero-order valence-electron chi connectivity index (χ0n) is 12.1. The summed E-state index contributed by atoms with van der Waals surface area (Å²) in [5.74, 6) is 0.530. The molecule has 104 valence electrons. The Morgan fingerprint density at radius 2 is 2.17 bits per heavy atom. The van der Waals surface area contributed by atoms with Crippen molar-refractivity contribution in [2.24, 2.45) is 5.92 Å². The van der Waals surface area contributed by atoms with Crippen molar-refractivity contribution >= 4 is 11.6 Å². The molecule has 0 saturated heterocycles. The number of halogens is 1. The summed E-state index contributed by atoms with van der Waals surface area (Å²) in [5, 5.41) is 8.51. The van der Waals surface area contributed by atoms with Gasteiger partial charge in [0.2, 0.25) is 0 Å². The Bertz CT molecular complexity index is 362. The number of hydrogen-bond donors (Lipinski definition) is 1. The topological polar surface area (TPSA) is 33.1 Å². The Hall–Kier alpha value is -0.580. The fraction of sp³-hybridized carbons (Fsp3) is 0.769. The zero-order chi connectivity index (χ0) is 13.7. The molecule has 5 heteroatoms. The third-order valence-electron chi connectivity index (χ3n) is 3.41. The van der Waals surface area contributed by atoms with E-state index in [1.807, 2.05) is 11.7 Å². The van der Waals surface area contributed by atoms with Gasteiger partial charge in [-0.2, -0.15) is 5.10 Å². The highest BCUT2D eigenvalue weighted by Crippen LogP contribution is 2.29. The van der Waals surface area contributed by atoms with Gasteiger partial charge in [0.05, 0.1) is 29.5 Å². The summed E-state index contributed by atoms with van der Waals surface area (Å²) in [5.41, 5.74) is 1.11.